The second-order valence-electron chi connectivity index (χ2n) is 6.62. The average molecular weight is 381 g/mol. The Morgan fingerprint density at radius 2 is 1.79 bits per heavy atom. The lowest BCUT2D eigenvalue weighted by molar-refractivity contribution is -0.124. The van der Waals surface area contributed by atoms with Crippen LogP contribution in [0.25, 0.3) is 0 Å². The first kappa shape index (κ1) is 17.8. The summed E-state index contributed by atoms with van der Waals surface area (Å²) in [4.78, 5) is 39.9. The lowest BCUT2D eigenvalue weighted by Gasteiger charge is -2.41. The highest BCUT2D eigenvalue weighted by molar-refractivity contribution is 6.18. The van der Waals surface area contributed by atoms with E-state index in [2.05, 4.69) is 10.6 Å². The third kappa shape index (κ3) is 2.65. The molecule has 0 aromatic heterocycles. The first-order valence-corrected chi connectivity index (χ1v) is 8.77. The van der Waals surface area contributed by atoms with Crippen molar-refractivity contribution in [2.24, 2.45) is 0 Å². The fourth-order valence-corrected chi connectivity index (χ4v) is 3.68. The number of rotatable bonds is 4. The molecule has 144 valence electrons. The van der Waals surface area contributed by atoms with Gasteiger partial charge in [0.25, 0.3) is 11.8 Å². The van der Waals surface area contributed by atoms with E-state index in [0.717, 1.165) is 0 Å². The van der Waals surface area contributed by atoms with Crippen molar-refractivity contribution < 1.29 is 23.9 Å². The number of ether oxygens (including phenoxy) is 2. The zero-order chi connectivity index (χ0) is 19.9. The van der Waals surface area contributed by atoms with Gasteiger partial charge in [-0.25, -0.2) is 0 Å². The van der Waals surface area contributed by atoms with E-state index in [0.29, 0.717) is 28.4 Å². The van der Waals surface area contributed by atoms with E-state index in [4.69, 9.17) is 9.47 Å². The van der Waals surface area contributed by atoms with Crippen molar-refractivity contribution in [1.82, 2.24) is 5.32 Å². The Labute approximate surface area is 161 Å². The SMILES string of the molecule is COc1cc(NC(=O)[C@@]23CCC(=O)N2c2ccccc2C(=O)N3)cc(OC)c1. The number of methoxy groups -OCH3 is 2. The molecule has 8 nitrogen and oxygen atoms in total. The third-order valence-electron chi connectivity index (χ3n) is 5.03. The van der Waals surface area contributed by atoms with Crippen molar-refractivity contribution in [1.29, 1.82) is 0 Å². The summed E-state index contributed by atoms with van der Waals surface area (Å²) in [6.07, 6.45) is 0.336. The molecule has 2 heterocycles. The van der Waals surface area contributed by atoms with Gasteiger partial charge in [-0.05, 0) is 12.1 Å². The molecule has 2 aliphatic heterocycles. The second kappa shape index (κ2) is 6.56. The van der Waals surface area contributed by atoms with Gasteiger partial charge in [-0.3, -0.25) is 19.3 Å². The summed E-state index contributed by atoms with van der Waals surface area (Å²) < 4.78 is 10.4. The average Bonchev–Trinajstić information content (AvgIpc) is 3.05. The van der Waals surface area contributed by atoms with Crippen LogP contribution in [-0.4, -0.2) is 37.6 Å². The number of nitrogens with zero attached hydrogens (tertiary/aromatic N) is 1. The van der Waals surface area contributed by atoms with Gasteiger partial charge in [-0.2, -0.15) is 0 Å². The van der Waals surface area contributed by atoms with Crippen LogP contribution in [0.1, 0.15) is 23.2 Å². The van der Waals surface area contributed by atoms with Crippen LogP contribution in [0, 0.1) is 0 Å². The summed E-state index contributed by atoms with van der Waals surface area (Å²) in [6.45, 7) is 0. The number of nitrogens with one attached hydrogen (secondary N) is 2. The van der Waals surface area contributed by atoms with Gasteiger partial charge in [0.05, 0.1) is 25.5 Å². The molecule has 3 amide bonds. The van der Waals surface area contributed by atoms with Crippen molar-refractivity contribution >= 4 is 29.1 Å². The third-order valence-corrected chi connectivity index (χ3v) is 5.03. The van der Waals surface area contributed by atoms with Gasteiger partial charge in [0, 0.05) is 36.7 Å². The predicted octanol–water partition coefficient (Wildman–Crippen LogP) is 1.91. The van der Waals surface area contributed by atoms with Crippen LogP contribution in [0.15, 0.2) is 42.5 Å². The van der Waals surface area contributed by atoms with Crippen LogP contribution in [-0.2, 0) is 9.59 Å². The molecule has 0 spiro atoms. The number of fused-ring (bicyclic) bond motifs is 3. The maximum absolute atomic E-state index is 13.3. The first-order chi connectivity index (χ1) is 13.5. The molecule has 0 saturated carbocycles. The standard InChI is InChI=1S/C20H19N3O5/c1-27-13-9-12(10-14(11-13)28-2)21-19(26)20-8-7-17(24)23(20)16-6-4-3-5-15(16)18(25)22-20/h3-6,9-11H,7-8H2,1-2H3,(H,21,26)(H,22,25)/t20-/m1/s1. The number of benzene rings is 2. The fraction of sp³-hybridized carbons (Fsp3) is 0.250. The number of para-hydroxylation sites is 1. The number of hydrogen-bond acceptors (Lipinski definition) is 5. The molecule has 2 aromatic carbocycles. The molecule has 2 aromatic rings. The molecule has 0 bridgehead atoms. The van der Waals surface area contributed by atoms with Crippen molar-refractivity contribution in [3.8, 4) is 11.5 Å². The first-order valence-electron chi connectivity index (χ1n) is 8.77. The van der Waals surface area contributed by atoms with E-state index < -0.39 is 11.6 Å². The Morgan fingerprint density at radius 1 is 1.11 bits per heavy atom. The van der Waals surface area contributed by atoms with Gasteiger partial charge in [0.1, 0.15) is 11.5 Å². The second-order valence-corrected chi connectivity index (χ2v) is 6.62. The fourth-order valence-electron chi connectivity index (χ4n) is 3.68. The molecule has 4 rings (SSSR count). The molecule has 2 N–H and O–H groups in total. The minimum atomic E-state index is -1.47. The van der Waals surface area contributed by atoms with Crippen molar-refractivity contribution in [3.05, 3.63) is 48.0 Å². The van der Waals surface area contributed by atoms with E-state index in [1.807, 2.05) is 0 Å². The molecule has 0 unspecified atom stereocenters. The molecule has 0 radical (unpaired) electrons. The van der Waals surface area contributed by atoms with E-state index in [-0.39, 0.29) is 24.7 Å². The number of carbonyl (C=O) groups excluding carboxylic acids is 3. The van der Waals surface area contributed by atoms with Gasteiger partial charge >= 0.3 is 0 Å². The quantitative estimate of drug-likeness (QED) is 0.843. The van der Waals surface area contributed by atoms with Crippen molar-refractivity contribution in [2.45, 2.75) is 18.5 Å². The Kier molecular flexibility index (Phi) is 4.18. The summed E-state index contributed by atoms with van der Waals surface area (Å²) in [5.74, 6) is -0.101. The van der Waals surface area contributed by atoms with Crippen LogP contribution < -0.4 is 25.0 Å². The highest BCUT2D eigenvalue weighted by atomic mass is 16.5. The van der Waals surface area contributed by atoms with Gasteiger partial charge < -0.3 is 20.1 Å². The molecule has 0 aliphatic carbocycles. The molecule has 1 saturated heterocycles. The van der Waals surface area contributed by atoms with Crippen LogP contribution >= 0.6 is 0 Å². The molecule has 1 atom stereocenters. The van der Waals surface area contributed by atoms with Crippen LogP contribution in [0.3, 0.4) is 0 Å². The zero-order valence-corrected chi connectivity index (χ0v) is 15.4. The Hall–Kier alpha value is -3.55. The van der Waals surface area contributed by atoms with E-state index in [1.165, 1.54) is 19.1 Å². The Bertz CT molecular complexity index is 967. The van der Waals surface area contributed by atoms with Gasteiger partial charge in [0.15, 0.2) is 0 Å². The minimum absolute atomic E-state index is 0.156. The van der Waals surface area contributed by atoms with Crippen molar-refractivity contribution in [3.63, 3.8) is 0 Å². The van der Waals surface area contributed by atoms with Crippen LogP contribution in [0.5, 0.6) is 11.5 Å². The predicted molar refractivity (Wildman–Crippen MR) is 102 cm³/mol. The maximum Gasteiger partial charge on any atom is 0.271 e. The number of carbonyl (C=O) groups is 3. The van der Waals surface area contributed by atoms with Crippen molar-refractivity contribution in [2.75, 3.05) is 24.4 Å². The summed E-state index contributed by atoms with van der Waals surface area (Å²) in [6, 6.07) is 11.7. The topological polar surface area (TPSA) is 97.0 Å². The lowest BCUT2D eigenvalue weighted by atomic mass is 9.98. The van der Waals surface area contributed by atoms with Crippen LogP contribution in [0.2, 0.25) is 0 Å². The molecule has 8 heteroatoms. The van der Waals surface area contributed by atoms with E-state index in [1.54, 1.807) is 42.5 Å². The van der Waals surface area contributed by atoms with Gasteiger partial charge in [0.2, 0.25) is 11.6 Å². The minimum Gasteiger partial charge on any atom is -0.497 e. The van der Waals surface area contributed by atoms with E-state index in [9.17, 15) is 14.4 Å². The number of amides is 3. The van der Waals surface area contributed by atoms with E-state index >= 15 is 0 Å². The largest absolute Gasteiger partial charge is 0.497 e. The number of hydrogen-bond donors (Lipinski definition) is 2. The smallest absolute Gasteiger partial charge is 0.271 e. The van der Waals surface area contributed by atoms with Gasteiger partial charge in [-0.15, -0.1) is 0 Å². The molecular formula is C20H19N3O5. The maximum atomic E-state index is 13.3. The normalized spacial score (nSPS) is 20.1. The molecule has 2 aliphatic rings. The highest BCUT2D eigenvalue weighted by Crippen LogP contribution is 2.40. The Morgan fingerprint density at radius 3 is 2.46 bits per heavy atom. The molecular weight excluding hydrogens is 362 g/mol. The Balaban J connectivity index is 1.73. The monoisotopic (exact) mass is 381 g/mol. The van der Waals surface area contributed by atoms with Gasteiger partial charge in [-0.1, -0.05) is 12.1 Å². The molecule has 28 heavy (non-hydrogen) atoms. The summed E-state index contributed by atoms with van der Waals surface area (Å²) in [5, 5.41) is 5.53. The highest BCUT2D eigenvalue weighted by Gasteiger charge is 2.56. The lowest BCUT2D eigenvalue weighted by Crippen LogP contribution is -2.68. The molecule has 1 fully saturated rings. The van der Waals surface area contributed by atoms with Crippen LogP contribution in [0.4, 0.5) is 11.4 Å². The summed E-state index contributed by atoms with van der Waals surface area (Å²) >= 11 is 0. The summed E-state index contributed by atoms with van der Waals surface area (Å²) in [7, 11) is 3.02. The zero-order valence-electron chi connectivity index (χ0n) is 15.4. The number of anilines is 2. The summed E-state index contributed by atoms with van der Waals surface area (Å²) in [5.41, 5.74) is -0.238.